The lowest BCUT2D eigenvalue weighted by atomic mass is 10.1. The van der Waals surface area contributed by atoms with Gasteiger partial charge in [0.25, 0.3) is 0 Å². The number of benzene rings is 1. The quantitative estimate of drug-likeness (QED) is 0.357. The second-order valence-electron chi connectivity index (χ2n) is 3.65. The first kappa shape index (κ1) is 17.6. The molecule has 0 unspecified atom stereocenters. The molecule has 1 aromatic carbocycles. The summed E-state index contributed by atoms with van der Waals surface area (Å²) in [6.07, 6.45) is 6.09. The highest BCUT2D eigenvalue weighted by molar-refractivity contribution is 14.0. The molecule has 0 aliphatic rings. The molecular weight excluding hydrogens is 353 g/mol. The van der Waals surface area contributed by atoms with Crippen molar-refractivity contribution in [3.05, 3.63) is 29.8 Å². The van der Waals surface area contributed by atoms with Crippen LogP contribution in [-0.2, 0) is 6.42 Å². The molecule has 0 aliphatic carbocycles. The van der Waals surface area contributed by atoms with E-state index in [9.17, 15) is 0 Å². The number of aliphatic imine (C=N–C) groups is 1. The van der Waals surface area contributed by atoms with Crippen LogP contribution in [0.3, 0.4) is 0 Å². The average molecular weight is 373 g/mol. The van der Waals surface area contributed by atoms with E-state index < -0.39 is 0 Å². The highest BCUT2D eigenvalue weighted by Gasteiger charge is 1.97. The summed E-state index contributed by atoms with van der Waals surface area (Å²) in [5.41, 5.74) is 1.25. The van der Waals surface area contributed by atoms with Gasteiger partial charge in [0.2, 0.25) is 0 Å². The van der Waals surface area contributed by atoms with Crippen molar-refractivity contribution in [3.63, 3.8) is 0 Å². The van der Waals surface area contributed by atoms with E-state index in [0.29, 0.717) is 6.54 Å². The molecule has 0 bridgehead atoms. The number of ether oxygens (including phenoxy) is 1. The maximum Gasteiger partial charge on any atom is 0.191 e. The third-order valence-electron chi connectivity index (χ3n) is 2.45. The van der Waals surface area contributed by atoms with Gasteiger partial charge in [0, 0.05) is 13.6 Å². The van der Waals surface area contributed by atoms with E-state index >= 15 is 0 Å². The summed E-state index contributed by atoms with van der Waals surface area (Å²) in [4.78, 5) is 4.06. The van der Waals surface area contributed by atoms with E-state index in [2.05, 4.69) is 33.7 Å². The summed E-state index contributed by atoms with van der Waals surface area (Å²) < 4.78 is 5.11. The SMILES string of the molecule is C#CCNC(=NC)NCCc1ccc(OC)cc1.I. The number of methoxy groups -OCH3 is 1. The van der Waals surface area contributed by atoms with Gasteiger partial charge in [0.15, 0.2) is 5.96 Å². The third-order valence-corrected chi connectivity index (χ3v) is 2.45. The Morgan fingerprint density at radius 3 is 2.53 bits per heavy atom. The number of nitrogens with one attached hydrogen (secondary N) is 2. The molecular formula is C14H20IN3O. The van der Waals surface area contributed by atoms with Crippen LogP contribution in [0.5, 0.6) is 5.75 Å². The molecule has 19 heavy (non-hydrogen) atoms. The summed E-state index contributed by atoms with van der Waals surface area (Å²) in [6, 6.07) is 8.03. The Bertz CT molecular complexity index is 423. The molecule has 0 amide bonds. The van der Waals surface area contributed by atoms with Crippen molar-refractivity contribution in [2.75, 3.05) is 27.2 Å². The summed E-state index contributed by atoms with van der Waals surface area (Å²) in [7, 11) is 3.39. The second-order valence-corrected chi connectivity index (χ2v) is 3.65. The summed E-state index contributed by atoms with van der Waals surface area (Å²) in [6.45, 7) is 1.28. The zero-order valence-corrected chi connectivity index (χ0v) is 13.6. The van der Waals surface area contributed by atoms with Gasteiger partial charge in [-0.3, -0.25) is 4.99 Å². The Morgan fingerprint density at radius 2 is 2.00 bits per heavy atom. The molecule has 0 fully saturated rings. The Morgan fingerprint density at radius 1 is 1.32 bits per heavy atom. The van der Waals surface area contributed by atoms with Gasteiger partial charge in [0.1, 0.15) is 5.75 Å². The lowest BCUT2D eigenvalue weighted by Crippen LogP contribution is -2.38. The Labute approximate surface area is 132 Å². The maximum atomic E-state index is 5.17. The molecule has 5 heteroatoms. The van der Waals surface area contributed by atoms with E-state index in [1.54, 1.807) is 14.2 Å². The van der Waals surface area contributed by atoms with Crippen molar-refractivity contribution in [3.8, 4) is 18.1 Å². The smallest absolute Gasteiger partial charge is 0.191 e. The fourth-order valence-corrected chi connectivity index (χ4v) is 1.47. The zero-order valence-electron chi connectivity index (χ0n) is 11.3. The molecule has 4 nitrogen and oxygen atoms in total. The van der Waals surface area contributed by atoms with Gasteiger partial charge in [-0.25, -0.2) is 0 Å². The van der Waals surface area contributed by atoms with Crippen molar-refractivity contribution in [1.82, 2.24) is 10.6 Å². The highest BCUT2D eigenvalue weighted by atomic mass is 127. The van der Waals surface area contributed by atoms with E-state index in [1.807, 2.05) is 12.1 Å². The maximum absolute atomic E-state index is 5.17. The van der Waals surface area contributed by atoms with E-state index in [4.69, 9.17) is 11.2 Å². The van der Waals surface area contributed by atoms with Gasteiger partial charge >= 0.3 is 0 Å². The molecule has 1 rings (SSSR count). The van der Waals surface area contributed by atoms with Crippen LogP contribution in [-0.4, -0.2) is 33.2 Å². The van der Waals surface area contributed by atoms with E-state index in [1.165, 1.54) is 5.56 Å². The molecule has 0 spiro atoms. The van der Waals surface area contributed by atoms with Crippen molar-refractivity contribution < 1.29 is 4.74 Å². The van der Waals surface area contributed by atoms with Crippen molar-refractivity contribution in [2.45, 2.75) is 6.42 Å². The van der Waals surface area contributed by atoms with Crippen molar-refractivity contribution in [2.24, 2.45) is 4.99 Å². The molecule has 0 atom stereocenters. The Balaban J connectivity index is 0.00000324. The largest absolute Gasteiger partial charge is 0.497 e. The normalized spacial score (nSPS) is 10.1. The topological polar surface area (TPSA) is 45.7 Å². The predicted molar refractivity (Wildman–Crippen MR) is 90.3 cm³/mol. The summed E-state index contributed by atoms with van der Waals surface area (Å²) >= 11 is 0. The molecule has 0 aromatic heterocycles. The van der Waals surface area contributed by atoms with Gasteiger partial charge in [-0.15, -0.1) is 30.4 Å². The summed E-state index contributed by atoms with van der Waals surface area (Å²) in [5.74, 6) is 4.10. The second kappa shape index (κ2) is 10.5. The van der Waals surface area contributed by atoms with Gasteiger partial charge in [-0.1, -0.05) is 18.1 Å². The van der Waals surface area contributed by atoms with Crippen LogP contribution in [0.25, 0.3) is 0 Å². The van der Waals surface area contributed by atoms with Crippen LogP contribution in [0.4, 0.5) is 0 Å². The Hall–Kier alpha value is -1.42. The molecule has 0 radical (unpaired) electrons. The highest BCUT2D eigenvalue weighted by Crippen LogP contribution is 2.11. The lowest BCUT2D eigenvalue weighted by Gasteiger charge is -2.10. The zero-order chi connectivity index (χ0) is 13.2. The lowest BCUT2D eigenvalue weighted by molar-refractivity contribution is 0.414. The first-order valence-corrected chi connectivity index (χ1v) is 5.81. The monoisotopic (exact) mass is 373 g/mol. The first-order chi connectivity index (χ1) is 8.80. The number of hydrogen-bond acceptors (Lipinski definition) is 2. The number of nitrogens with zero attached hydrogens (tertiary/aromatic N) is 1. The molecule has 0 heterocycles. The minimum absolute atomic E-state index is 0. The van der Waals surface area contributed by atoms with Gasteiger partial charge in [-0.2, -0.15) is 0 Å². The summed E-state index contributed by atoms with van der Waals surface area (Å²) in [5, 5.41) is 6.20. The third kappa shape index (κ3) is 6.91. The van der Waals surface area contributed by atoms with E-state index in [0.717, 1.165) is 24.7 Å². The number of hydrogen-bond donors (Lipinski definition) is 2. The van der Waals surface area contributed by atoms with Crippen molar-refractivity contribution >= 4 is 29.9 Å². The minimum atomic E-state index is 0. The van der Waals surface area contributed by atoms with Gasteiger partial charge < -0.3 is 15.4 Å². The fraction of sp³-hybridized carbons (Fsp3) is 0.357. The van der Waals surface area contributed by atoms with Crippen LogP contribution in [0.1, 0.15) is 5.56 Å². The molecule has 1 aromatic rings. The number of terminal acetylenes is 1. The van der Waals surface area contributed by atoms with E-state index in [-0.39, 0.29) is 24.0 Å². The molecule has 104 valence electrons. The minimum Gasteiger partial charge on any atom is -0.497 e. The van der Waals surface area contributed by atoms with Crippen LogP contribution in [0.2, 0.25) is 0 Å². The fourth-order valence-electron chi connectivity index (χ4n) is 1.47. The van der Waals surface area contributed by atoms with Gasteiger partial charge in [-0.05, 0) is 24.1 Å². The van der Waals surface area contributed by atoms with Crippen LogP contribution in [0.15, 0.2) is 29.3 Å². The molecule has 0 saturated carbocycles. The number of halogens is 1. The van der Waals surface area contributed by atoms with Crippen LogP contribution >= 0.6 is 24.0 Å². The predicted octanol–water partition coefficient (Wildman–Crippen LogP) is 1.65. The van der Waals surface area contributed by atoms with Crippen LogP contribution in [0, 0.1) is 12.3 Å². The van der Waals surface area contributed by atoms with Gasteiger partial charge in [0.05, 0.1) is 13.7 Å². The standard InChI is InChI=1S/C14H19N3O.HI/c1-4-10-16-14(15-2)17-11-9-12-5-7-13(18-3)8-6-12;/h1,5-8H,9-11H2,2-3H3,(H2,15,16,17);1H. The van der Waals surface area contributed by atoms with Crippen LogP contribution < -0.4 is 15.4 Å². The van der Waals surface area contributed by atoms with Crippen molar-refractivity contribution in [1.29, 1.82) is 0 Å². The first-order valence-electron chi connectivity index (χ1n) is 5.81. The molecule has 0 aliphatic heterocycles. The number of guanidine groups is 1. The number of rotatable bonds is 5. The Kier molecular flexibility index (Phi) is 9.71. The average Bonchev–Trinajstić information content (AvgIpc) is 2.43. The molecule has 2 N–H and O–H groups in total. The molecule has 0 saturated heterocycles.